The van der Waals surface area contributed by atoms with Crippen molar-refractivity contribution in [1.82, 2.24) is 0 Å². The van der Waals surface area contributed by atoms with E-state index in [4.69, 9.17) is 4.43 Å². The maximum Gasteiger partial charge on any atom is 0.192 e. The summed E-state index contributed by atoms with van der Waals surface area (Å²) in [4.78, 5) is 0. The number of phenolic OH excluding ortho intramolecular Hbond substituents is 2. The highest BCUT2D eigenvalue weighted by Gasteiger charge is 2.49. The molecule has 0 saturated carbocycles. The monoisotopic (exact) mass is 472 g/mol. The number of hydrogen-bond donors (Lipinski definition) is 2. The van der Waals surface area contributed by atoms with E-state index in [0.29, 0.717) is 11.5 Å². The maximum atomic E-state index is 10.2. The fraction of sp³-hybridized carbons (Fsp3) is 0.556. The van der Waals surface area contributed by atoms with Crippen LogP contribution in [-0.2, 0) is 17.3 Å². The molecule has 0 saturated heterocycles. The Kier molecular flexibility index (Phi) is 8.46. The molecule has 32 heavy (non-hydrogen) atoms. The number of para-hydroxylation sites is 2. The Morgan fingerprint density at radius 2 is 1.22 bits per heavy atom. The normalized spacial score (nSPS) is 13.4. The largest absolute Gasteiger partial charge is 0.508 e. The third kappa shape index (κ3) is 6.49. The molecule has 0 amide bonds. The van der Waals surface area contributed by atoms with Crippen molar-refractivity contribution < 1.29 is 14.6 Å². The minimum Gasteiger partial charge on any atom is -0.508 e. The van der Waals surface area contributed by atoms with E-state index < -0.39 is 16.4 Å². The molecule has 0 bridgehead atoms. The molecular weight excluding hydrogens is 428 g/mol. The van der Waals surface area contributed by atoms with Gasteiger partial charge >= 0.3 is 0 Å². The van der Waals surface area contributed by atoms with E-state index in [2.05, 4.69) is 53.9 Å². The number of benzene rings is 2. The van der Waals surface area contributed by atoms with Gasteiger partial charge < -0.3 is 14.6 Å². The predicted octanol–water partition coefficient (Wildman–Crippen LogP) is 7.69. The van der Waals surface area contributed by atoms with Gasteiger partial charge in [0.1, 0.15) is 11.5 Å². The van der Waals surface area contributed by atoms with Crippen LogP contribution in [-0.4, -0.2) is 31.8 Å². The lowest BCUT2D eigenvalue weighted by Gasteiger charge is -2.50. The maximum absolute atomic E-state index is 10.2. The Hall–Kier alpha value is -1.57. The molecule has 2 rings (SSSR count). The van der Waals surface area contributed by atoms with Crippen molar-refractivity contribution >= 4 is 16.4 Å². The Morgan fingerprint density at radius 3 is 1.72 bits per heavy atom. The molecule has 2 aromatic rings. The molecule has 0 aliphatic carbocycles. The minimum absolute atomic E-state index is 0.0762. The van der Waals surface area contributed by atoms with Crippen LogP contribution in [0.5, 0.6) is 11.5 Å². The van der Waals surface area contributed by atoms with Gasteiger partial charge in [-0.15, -0.1) is 0 Å². The van der Waals surface area contributed by atoms with Crippen molar-refractivity contribution in [2.45, 2.75) is 95.9 Å². The van der Waals surface area contributed by atoms with Gasteiger partial charge in [-0.25, -0.2) is 0 Å². The fourth-order valence-corrected chi connectivity index (χ4v) is 9.94. The third-order valence-electron chi connectivity index (χ3n) is 8.02. The van der Waals surface area contributed by atoms with E-state index in [1.54, 1.807) is 12.1 Å². The molecule has 0 atom stereocenters. The zero-order chi connectivity index (χ0) is 24.2. The van der Waals surface area contributed by atoms with Crippen LogP contribution in [0.25, 0.3) is 0 Å². The first-order chi connectivity index (χ1) is 14.7. The van der Waals surface area contributed by atoms with Gasteiger partial charge in [-0.3, -0.25) is 0 Å². The molecule has 3 nitrogen and oxygen atoms in total. The zero-order valence-corrected chi connectivity index (χ0v) is 23.5. The average molecular weight is 473 g/mol. The summed E-state index contributed by atoms with van der Waals surface area (Å²) in [6.45, 7) is 18.9. The van der Waals surface area contributed by atoms with Crippen LogP contribution < -0.4 is 0 Å². The summed E-state index contributed by atoms with van der Waals surface area (Å²) in [6, 6.07) is 16.5. The van der Waals surface area contributed by atoms with Crippen molar-refractivity contribution in [3.8, 4) is 11.5 Å². The Bertz CT molecular complexity index is 888. The molecule has 0 unspecified atom stereocenters. The van der Waals surface area contributed by atoms with Crippen LogP contribution >= 0.6 is 0 Å². The van der Waals surface area contributed by atoms with E-state index in [9.17, 15) is 10.2 Å². The van der Waals surface area contributed by atoms with Crippen molar-refractivity contribution in [3.63, 3.8) is 0 Å². The Labute approximate surface area is 198 Å². The summed E-state index contributed by atoms with van der Waals surface area (Å²) in [5, 5.41) is 20.2. The Balaban J connectivity index is 2.02. The molecule has 2 aromatic carbocycles. The van der Waals surface area contributed by atoms with Crippen LogP contribution in [0.15, 0.2) is 48.5 Å². The number of phenols is 2. The summed E-state index contributed by atoms with van der Waals surface area (Å²) < 4.78 is 7.09. The molecule has 0 fully saturated rings. The summed E-state index contributed by atoms with van der Waals surface area (Å²) in [7, 11) is -3.74. The standard InChI is InChI=1S/C27H44O3Si2/c1-26(2,20-19-23-15-10-12-18-25(23)29)32(7,8)30-27(3,4)31(5,6)21-13-16-22-14-9-11-17-24(22)28/h9-12,14-15,17-18,28-29H,13,16,19-21H2,1-8H3. The van der Waals surface area contributed by atoms with Gasteiger partial charge in [0.2, 0.25) is 0 Å². The first kappa shape index (κ1) is 26.7. The first-order valence-corrected chi connectivity index (χ1v) is 18.0. The number of hydrogen-bond acceptors (Lipinski definition) is 3. The summed E-state index contributed by atoms with van der Waals surface area (Å²) >= 11 is 0. The van der Waals surface area contributed by atoms with Gasteiger partial charge in [0.05, 0.1) is 8.07 Å². The SMILES string of the molecule is CC(C)(O[Si](C)(C)C(C)(C)CCc1ccccc1O)[Si](C)(C)CCCc1ccccc1O. The van der Waals surface area contributed by atoms with Gasteiger partial charge in [-0.05, 0) is 74.5 Å². The predicted molar refractivity (Wildman–Crippen MR) is 142 cm³/mol. The van der Waals surface area contributed by atoms with Gasteiger partial charge in [0, 0.05) is 5.22 Å². The molecular formula is C27H44O3Si2. The zero-order valence-electron chi connectivity index (χ0n) is 21.5. The average Bonchev–Trinajstić information content (AvgIpc) is 2.67. The van der Waals surface area contributed by atoms with E-state index >= 15 is 0 Å². The van der Waals surface area contributed by atoms with Crippen LogP contribution in [0.4, 0.5) is 0 Å². The van der Waals surface area contributed by atoms with Crippen LogP contribution in [0, 0.1) is 0 Å². The molecule has 0 aliphatic heterocycles. The molecule has 0 aromatic heterocycles. The lowest BCUT2D eigenvalue weighted by Crippen LogP contribution is -2.59. The Morgan fingerprint density at radius 1 is 0.750 bits per heavy atom. The smallest absolute Gasteiger partial charge is 0.192 e. The summed E-state index contributed by atoms with van der Waals surface area (Å²) in [5.74, 6) is 0.796. The molecule has 0 radical (unpaired) electrons. The highest BCUT2D eigenvalue weighted by molar-refractivity contribution is 6.82. The topological polar surface area (TPSA) is 49.7 Å². The van der Waals surface area contributed by atoms with E-state index in [-0.39, 0.29) is 10.3 Å². The molecule has 5 heteroatoms. The first-order valence-electron chi connectivity index (χ1n) is 11.9. The van der Waals surface area contributed by atoms with Crippen molar-refractivity contribution in [1.29, 1.82) is 0 Å². The molecule has 2 N–H and O–H groups in total. The van der Waals surface area contributed by atoms with Gasteiger partial charge in [0.25, 0.3) is 0 Å². The number of aromatic hydroxyl groups is 2. The quantitative estimate of drug-likeness (QED) is 0.329. The van der Waals surface area contributed by atoms with Crippen LogP contribution in [0.3, 0.4) is 0 Å². The highest BCUT2D eigenvalue weighted by atomic mass is 28.4. The number of rotatable bonds is 11. The van der Waals surface area contributed by atoms with Crippen molar-refractivity contribution in [2.24, 2.45) is 0 Å². The lowest BCUT2D eigenvalue weighted by molar-refractivity contribution is 0.159. The van der Waals surface area contributed by atoms with Crippen molar-refractivity contribution in [2.75, 3.05) is 0 Å². The minimum atomic E-state index is -2.05. The molecule has 178 valence electrons. The third-order valence-corrected chi connectivity index (χ3v) is 17.7. The molecule has 0 heterocycles. The van der Waals surface area contributed by atoms with Crippen LogP contribution in [0.1, 0.15) is 51.7 Å². The second kappa shape index (κ2) is 10.1. The van der Waals surface area contributed by atoms with Crippen LogP contribution in [0.2, 0.25) is 37.3 Å². The van der Waals surface area contributed by atoms with Gasteiger partial charge in [0.15, 0.2) is 8.32 Å². The van der Waals surface area contributed by atoms with Crippen molar-refractivity contribution in [3.05, 3.63) is 59.7 Å². The highest BCUT2D eigenvalue weighted by Crippen LogP contribution is 2.46. The fourth-order valence-electron chi connectivity index (χ4n) is 4.13. The van der Waals surface area contributed by atoms with E-state index in [1.165, 1.54) is 0 Å². The van der Waals surface area contributed by atoms with E-state index in [0.717, 1.165) is 42.9 Å². The summed E-state index contributed by atoms with van der Waals surface area (Å²) in [5.41, 5.74) is 2.06. The second-order valence-electron chi connectivity index (χ2n) is 11.5. The molecule has 0 aliphatic rings. The lowest BCUT2D eigenvalue weighted by atomic mass is 10.0. The second-order valence-corrected chi connectivity index (χ2v) is 21.6. The summed E-state index contributed by atoms with van der Waals surface area (Å²) in [6.07, 6.45) is 3.84. The van der Waals surface area contributed by atoms with E-state index in [1.807, 2.05) is 36.4 Å². The molecule has 0 spiro atoms. The van der Waals surface area contributed by atoms with Gasteiger partial charge in [-0.1, -0.05) is 75.8 Å². The number of aryl methyl sites for hydroxylation is 2. The van der Waals surface area contributed by atoms with Gasteiger partial charge in [-0.2, -0.15) is 0 Å².